The second kappa shape index (κ2) is 7.59. The van der Waals surface area contributed by atoms with Gasteiger partial charge in [-0.3, -0.25) is 4.79 Å². The second-order valence-electron chi connectivity index (χ2n) is 6.11. The van der Waals surface area contributed by atoms with Crippen LogP contribution in [0.15, 0.2) is 59.3 Å². The molecule has 1 fully saturated rings. The molecule has 0 bridgehead atoms. The third-order valence-corrected chi connectivity index (χ3v) is 4.39. The number of ether oxygens (including phenoxy) is 1. The number of morpholine rings is 1. The number of anilines is 2. The second-order valence-corrected chi connectivity index (χ2v) is 6.11. The molecule has 1 aromatic heterocycles. The first-order valence-electron chi connectivity index (χ1n) is 8.65. The van der Waals surface area contributed by atoms with Crippen LogP contribution in [-0.4, -0.2) is 37.2 Å². The maximum absolute atomic E-state index is 13.2. The van der Waals surface area contributed by atoms with E-state index in [0.29, 0.717) is 30.2 Å². The van der Waals surface area contributed by atoms with Gasteiger partial charge in [0, 0.05) is 18.7 Å². The summed E-state index contributed by atoms with van der Waals surface area (Å²) in [5.41, 5.74) is 2.36. The number of rotatable bonds is 4. The van der Waals surface area contributed by atoms with Crippen molar-refractivity contribution in [2.75, 3.05) is 36.5 Å². The highest BCUT2D eigenvalue weighted by Crippen LogP contribution is 2.28. The molecule has 0 radical (unpaired) electrons. The minimum atomic E-state index is -0.385. The molecule has 4 rings (SSSR count). The summed E-state index contributed by atoms with van der Waals surface area (Å²) in [6, 6.07) is 13.3. The van der Waals surface area contributed by atoms with Crippen molar-refractivity contribution in [1.82, 2.24) is 4.98 Å². The lowest BCUT2D eigenvalue weighted by molar-refractivity contribution is 0.102. The fraction of sp³-hybridized carbons (Fsp3) is 0.200. The zero-order chi connectivity index (χ0) is 18.6. The van der Waals surface area contributed by atoms with Crippen molar-refractivity contribution >= 4 is 17.3 Å². The standard InChI is InChI=1S/C20H18FN3O3/c21-15-7-5-14(6-8-15)19-18(22-13-27-19)20(25)23-16-3-1-2-4-17(16)24-9-11-26-12-10-24/h1-8,13H,9-12H2,(H,23,25). The molecular formula is C20H18FN3O3. The van der Waals surface area contributed by atoms with Gasteiger partial charge in [-0.1, -0.05) is 12.1 Å². The first-order chi connectivity index (χ1) is 13.2. The monoisotopic (exact) mass is 367 g/mol. The highest BCUT2D eigenvalue weighted by atomic mass is 19.1. The summed E-state index contributed by atoms with van der Waals surface area (Å²) in [4.78, 5) is 19.0. The van der Waals surface area contributed by atoms with Crippen molar-refractivity contribution < 1.29 is 18.3 Å². The van der Waals surface area contributed by atoms with E-state index in [1.807, 2.05) is 24.3 Å². The van der Waals surface area contributed by atoms with E-state index in [4.69, 9.17) is 9.15 Å². The van der Waals surface area contributed by atoms with E-state index < -0.39 is 0 Å². The average Bonchev–Trinajstić information content (AvgIpc) is 3.20. The first kappa shape index (κ1) is 17.2. The van der Waals surface area contributed by atoms with Gasteiger partial charge < -0.3 is 19.4 Å². The minimum absolute atomic E-state index is 0.151. The number of para-hydroxylation sites is 2. The summed E-state index contributed by atoms with van der Waals surface area (Å²) >= 11 is 0. The minimum Gasteiger partial charge on any atom is -0.443 e. The van der Waals surface area contributed by atoms with Crippen LogP contribution in [0.4, 0.5) is 15.8 Å². The van der Waals surface area contributed by atoms with Gasteiger partial charge in [0.05, 0.1) is 24.6 Å². The van der Waals surface area contributed by atoms with Gasteiger partial charge in [-0.15, -0.1) is 0 Å². The van der Waals surface area contributed by atoms with Crippen molar-refractivity contribution in [2.45, 2.75) is 0 Å². The number of amides is 1. The third kappa shape index (κ3) is 3.68. The maximum atomic E-state index is 13.2. The molecule has 1 N–H and O–H groups in total. The quantitative estimate of drug-likeness (QED) is 0.764. The molecule has 27 heavy (non-hydrogen) atoms. The fourth-order valence-corrected chi connectivity index (χ4v) is 3.05. The molecule has 7 heteroatoms. The number of aromatic nitrogens is 1. The van der Waals surface area contributed by atoms with Crippen molar-refractivity contribution in [3.05, 3.63) is 66.4 Å². The van der Waals surface area contributed by atoms with Gasteiger partial charge in [-0.05, 0) is 36.4 Å². The lowest BCUT2D eigenvalue weighted by atomic mass is 10.1. The van der Waals surface area contributed by atoms with Crippen LogP contribution in [0.25, 0.3) is 11.3 Å². The third-order valence-electron chi connectivity index (χ3n) is 4.39. The number of hydrogen-bond acceptors (Lipinski definition) is 5. The smallest absolute Gasteiger partial charge is 0.278 e. The van der Waals surface area contributed by atoms with Gasteiger partial charge in [0.1, 0.15) is 5.82 Å². The molecule has 138 valence electrons. The molecule has 1 aliphatic rings. The van der Waals surface area contributed by atoms with Crippen molar-refractivity contribution in [3.8, 4) is 11.3 Å². The number of halogens is 1. The van der Waals surface area contributed by atoms with Gasteiger partial charge in [-0.2, -0.15) is 0 Å². The van der Waals surface area contributed by atoms with Crippen LogP contribution in [0.1, 0.15) is 10.5 Å². The Hall–Kier alpha value is -3.19. The van der Waals surface area contributed by atoms with E-state index in [-0.39, 0.29) is 17.4 Å². The molecule has 0 saturated carbocycles. The van der Waals surface area contributed by atoms with E-state index in [1.54, 1.807) is 12.1 Å². The van der Waals surface area contributed by atoms with Gasteiger partial charge in [0.2, 0.25) is 0 Å². The van der Waals surface area contributed by atoms with E-state index in [9.17, 15) is 9.18 Å². The van der Waals surface area contributed by atoms with Gasteiger partial charge in [0.25, 0.3) is 5.91 Å². The molecule has 2 heterocycles. The Balaban J connectivity index is 1.59. The highest BCUT2D eigenvalue weighted by Gasteiger charge is 2.21. The maximum Gasteiger partial charge on any atom is 0.278 e. The summed E-state index contributed by atoms with van der Waals surface area (Å²) in [7, 11) is 0. The van der Waals surface area contributed by atoms with Crippen LogP contribution in [0.3, 0.4) is 0 Å². The van der Waals surface area contributed by atoms with Gasteiger partial charge >= 0.3 is 0 Å². The molecule has 6 nitrogen and oxygen atoms in total. The average molecular weight is 367 g/mol. The zero-order valence-corrected chi connectivity index (χ0v) is 14.5. The molecule has 0 aliphatic carbocycles. The molecule has 1 saturated heterocycles. The number of benzene rings is 2. The fourth-order valence-electron chi connectivity index (χ4n) is 3.05. The Morgan fingerprint density at radius 2 is 1.81 bits per heavy atom. The lowest BCUT2D eigenvalue weighted by Gasteiger charge is -2.30. The Morgan fingerprint density at radius 1 is 1.07 bits per heavy atom. The van der Waals surface area contributed by atoms with Gasteiger partial charge in [0.15, 0.2) is 17.8 Å². The number of nitrogens with one attached hydrogen (secondary N) is 1. The van der Waals surface area contributed by atoms with Crippen LogP contribution in [0, 0.1) is 5.82 Å². The first-order valence-corrected chi connectivity index (χ1v) is 8.65. The zero-order valence-electron chi connectivity index (χ0n) is 14.5. The van der Waals surface area contributed by atoms with E-state index in [0.717, 1.165) is 18.8 Å². The summed E-state index contributed by atoms with van der Waals surface area (Å²) in [5, 5.41) is 2.91. The van der Waals surface area contributed by atoms with Crippen LogP contribution in [0.5, 0.6) is 0 Å². The molecular weight excluding hydrogens is 349 g/mol. The molecule has 3 aromatic rings. The number of oxazole rings is 1. The SMILES string of the molecule is O=C(Nc1ccccc1N1CCOCC1)c1ncoc1-c1ccc(F)cc1. The molecule has 0 unspecified atom stereocenters. The van der Waals surface area contributed by atoms with Crippen molar-refractivity contribution in [2.24, 2.45) is 0 Å². The normalized spacial score (nSPS) is 14.2. The number of carbonyl (C=O) groups excluding carboxylic acids is 1. The number of nitrogens with zero attached hydrogens (tertiary/aromatic N) is 2. The summed E-state index contributed by atoms with van der Waals surface area (Å²) in [6.07, 6.45) is 1.21. The van der Waals surface area contributed by atoms with Crippen molar-refractivity contribution in [3.63, 3.8) is 0 Å². The molecule has 2 aromatic carbocycles. The summed E-state index contributed by atoms with van der Waals surface area (Å²) in [5.74, 6) is -0.441. The van der Waals surface area contributed by atoms with E-state index in [1.165, 1.54) is 18.5 Å². The highest BCUT2D eigenvalue weighted by molar-refractivity contribution is 6.07. The van der Waals surface area contributed by atoms with E-state index in [2.05, 4.69) is 15.2 Å². The summed E-state index contributed by atoms with van der Waals surface area (Å²) in [6.45, 7) is 2.83. The van der Waals surface area contributed by atoms with Crippen LogP contribution in [-0.2, 0) is 4.74 Å². The van der Waals surface area contributed by atoms with Gasteiger partial charge in [-0.25, -0.2) is 9.37 Å². The Bertz CT molecular complexity index is 934. The number of hydrogen-bond donors (Lipinski definition) is 1. The Kier molecular flexibility index (Phi) is 4.84. The Morgan fingerprint density at radius 3 is 2.59 bits per heavy atom. The van der Waals surface area contributed by atoms with Crippen molar-refractivity contribution in [1.29, 1.82) is 0 Å². The largest absolute Gasteiger partial charge is 0.443 e. The van der Waals surface area contributed by atoms with E-state index >= 15 is 0 Å². The molecule has 0 spiro atoms. The Labute approximate surface area is 155 Å². The van der Waals surface area contributed by atoms with Crippen LogP contribution in [0.2, 0.25) is 0 Å². The lowest BCUT2D eigenvalue weighted by Crippen LogP contribution is -2.36. The molecule has 1 aliphatic heterocycles. The predicted octanol–water partition coefficient (Wildman–Crippen LogP) is 3.57. The predicted molar refractivity (Wildman–Crippen MR) is 99.3 cm³/mol. The molecule has 1 amide bonds. The summed E-state index contributed by atoms with van der Waals surface area (Å²) < 4.78 is 23.9. The molecule has 0 atom stereocenters. The van der Waals surface area contributed by atoms with Crippen LogP contribution < -0.4 is 10.2 Å². The number of carbonyl (C=O) groups is 1. The topological polar surface area (TPSA) is 67.6 Å². The van der Waals surface area contributed by atoms with Crippen LogP contribution >= 0.6 is 0 Å².